The Bertz CT molecular complexity index is 1760. The number of amides is 1. The van der Waals surface area contributed by atoms with Crippen molar-refractivity contribution in [2.24, 2.45) is 0 Å². The third-order valence-corrected chi connectivity index (χ3v) is 7.63. The normalized spacial score (nSPS) is 12.0. The van der Waals surface area contributed by atoms with Crippen LogP contribution in [0.2, 0.25) is 0 Å². The summed E-state index contributed by atoms with van der Waals surface area (Å²) in [5.74, 6) is -3.65. The van der Waals surface area contributed by atoms with Crippen LogP contribution < -0.4 is 10.1 Å². The van der Waals surface area contributed by atoms with Crippen LogP contribution in [0.15, 0.2) is 54.7 Å². The number of aryl methyl sites for hydroxylation is 1. The maximum Gasteiger partial charge on any atom is 0.326 e. The van der Waals surface area contributed by atoms with Gasteiger partial charge < -0.3 is 19.9 Å². The van der Waals surface area contributed by atoms with Crippen molar-refractivity contribution in [2.75, 3.05) is 0 Å². The van der Waals surface area contributed by atoms with Crippen LogP contribution in [0.5, 0.6) is 11.5 Å². The molecule has 0 aliphatic rings. The predicted octanol–water partition coefficient (Wildman–Crippen LogP) is 6.33. The van der Waals surface area contributed by atoms with E-state index < -0.39 is 41.1 Å². The van der Waals surface area contributed by atoms with Crippen molar-refractivity contribution >= 4 is 45.2 Å². The largest absolute Gasteiger partial charge is 0.480 e. The van der Waals surface area contributed by atoms with E-state index in [2.05, 4.69) is 10.3 Å². The lowest BCUT2D eigenvalue weighted by Crippen LogP contribution is -2.41. The van der Waals surface area contributed by atoms with Crippen molar-refractivity contribution in [1.82, 2.24) is 10.3 Å². The maximum atomic E-state index is 15.0. The SMILES string of the molecule is Cc1ccc(F)c(CC(=O)Cc2ccc(Oc3ccnc4cc(C(=O)N[C@@H](CCC(=O)OC(C)(C)C)C(=O)O)sc34)cc2F)c1. The number of halogens is 2. The van der Waals surface area contributed by atoms with Crippen molar-refractivity contribution in [2.45, 2.75) is 65.0 Å². The van der Waals surface area contributed by atoms with Crippen molar-refractivity contribution in [1.29, 1.82) is 0 Å². The molecule has 1 atom stereocenters. The van der Waals surface area contributed by atoms with Gasteiger partial charge >= 0.3 is 11.9 Å². The molecule has 0 bridgehead atoms. The number of benzene rings is 2. The van der Waals surface area contributed by atoms with Gasteiger partial charge in [0.15, 0.2) is 0 Å². The lowest BCUT2D eigenvalue weighted by atomic mass is 10.0. The standard InChI is InChI=1S/C33H32F2N2O7S/c1-18-5-8-23(34)20(13-18)15-21(38)14-19-6-7-22(16-24(19)35)43-27-11-12-36-26-17-28(45-30(26)27)31(40)37-25(32(41)42)9-10-29(39)44-33(2,3)4/h5-8,11-13,16-17,25H,9-10,14-15H2,1-4H3,(H,37,40)(H,41,42)/t25-/m0/s1. The van der Waals surface area contributed by atoms with E-state index in [-0.39, 0.29) is 59.0 Å². The van der Waals surface area contributed by atoms with Gasteiger partial charge in [0.05, 0.1) is 15.1 Å². The Balaban J connectivity index is 1.43. The molecule has 0 unspecified atom stereocenters. The molecule has 2 aromatic heterocycles. The Hall–Kier alpha value is -4.71. The number of fused-ring (bicyclic) bond motifs is 1. The van der Waals surface area contributed by atoms with Gasteiger partial charge in [0.1, 0.15) is 40.6 Å². The number of Topliss-reactive ketones (excluding diaryl/α,β-unsaturated/α-hetero) is 1. The van der Waals surface area contributed by atoms with E-state index in [1.165, 1.54) is 36.5 Å². The molecule has 4 aromatic rings. The third kappa shape index (κ3) is 9.15. The molecule has 12 heteroatoms. The first-order valence-corrected chi connectivity index (χ1v) is 14.9. The predicted molar refractivity (Wildman–Crippen MR) is 164 cm³/mol. The van der Waals surface area contributed by atoms with Crippen LogP contribution in [0.25, 0.3) is 10.2 Å². The van der Waals surface area contributed by atoms with Gasteiger partial charge in [-0.3, -0.25) is 19.4 Å². The number of hydrogen-bond acceptors (Lipinski definition) is 8. The molecule has 0 radical (unpaired) electrons. The zero-order valence-electron chi connectivity index (χ0n) is 25.1. The Kier molecular flexibility index (Phi) is 10.3. The minimum Gasteiger partial charge on any atom is -0.480 e. The zero-order valence-corrected chi connectivity index (χ0v) is 25.9. The summed E-state index contributed by atoms with van der Waals surface area (Å²) in [7, 11) is 0. The average Bonchev–Trinajstić information content (AvgIpc) is 3.39. The second kappa shape index (κ2) is 13.9. The molecule has 0 aliphatic heterocycles. The molecule has 2 aromatic carbocycles. The van der Waals surface area contributed by atoms with Crippen LogP contribution in [0, 0.1) is 18.6 Å². The van der Waals surface area contributed by atoms with E-state index in [4.69, 9.17) is 9.47 Å². The van der Waals surface area contributed by atoms with Gasteiger partial charge in [0, 0.05) is 37.6 Å². The number of rotatable bonds is 12. The first kappa shape index (κ1) is 33.2. The summed E-state index contributed by atoms with van der Waals surface area (Å²) in [5.41, 5.74) is 0.879. The summed E-state index contributed by atoms with van der Waals surface area (Å²) < 4.78 is 40.6. The van der Waals surface area contributed by atoms with Crippen LogP contribution in [0.1, 0.15) is 60.0 Å². The van der Waals surface area contributed by atoms with E-state index in [1.807, 2.05) is 0 Å². The van der Waals surface area contributed by atoms with Gasteiger partial charge in [0.25, 0.3) is 5.91 Å². The minimum atomic E-state index is -1.33. The molecule has 2 heterocycles. The van der Waals surface area contributed by atoms with E-state index in [1.54, 1.807) is 39.8 Å². The number of carboxylic acid groups (broad SMARTS) is 1. The molecule has 4 rings (SSSR count). The number of carboxylic acids is 1. The van der Waals surface area contributed by atoms with Crippen molar-refractivity contribution in [3.8, 4) is 11.5 Å². The summed E-state index contributed by atoms with van der Waals surface area (Å²) in [6.45, 7) is 6.88. The quantitative estimate of drug-likeness (QED) is 0.172. The molecule has 0 saturated heterocycles. The molecule has 0 saturated carbocycles. The fourth-order valence-electron chi connectivity index (χ4n) is 4.44. The van der Waals surface area contributed by atoms with Crippen LogP contribution >= 0.6 is 11.3 Å². The summed E-state index contributed by atoms with van der Waals surface area (Å²) in [6.07, 6.45) is 0.697. The van der Waals surface area contributed by atoms with Gasteiger partial charge in [-0.05, 0) is 63.4 Å². The first-order chi connectivity index (χ1) is 21.2. The summed E-state index contributed by atoms with van der Waals surface area (Å²) in [4.78, 5) is 53.7. The van der Waals surface area contributed by atoms with Gasteiger partial charge in [-0.15, -0.1) is 11.3 Å². The Morgan fingerprint density at radius 2 is 1.71 bits per heavy atom. The average molecular weight is 639 g/mol. The second-order valence-corrected chi connectivity index (χ2v) is 12.5. The number of pyridine rings is 1. The van der Waals surface area contributed by atoms with Crippen LogP contribution in [-0.4, -0.2) is 45.4 Å². The third-order valence-electron chi connectivity index (χ3n) is 6.49. The van der Waals surface area contributed by atoms with Gasteiger partial charge in [-0.1, -0.05) is 23.8 Å². The molecule has 9 nitrogen and oxygen atoms in total. The number of nitrogens with one attached hydrogen (secondary N) is 1. The number of aliphatic carboxylic acids is 1. The smallest absolute Gasteiger partial charge is 0.326 e. The molecule has 1 amide bonds. The Labute approximate surface area is 262 Å². The van der Waals surface area contributed by atoms with Crippen LogP contribution in [0.3, 0.4) is 0 Å². The van der Waals surface area contributed by atoms with Gasteiger partial charge in [-0.2, -0.15) is 0 Å². The van der Waals surface area contributed by atoms with E-state index in [0.29, 0.717) is 10.2 Å². The minimum absolute atomic E-state index is 0.133. The highest BCUT2D eigenvalue weighted by atomic mass is 32.1. The van der Waals surface area contributed by atoms with E-state index in [0.717, 1.165) is 23.0 Å². The molecule has 236 valence electrons. The molecular weight excluding hydrogens is 606 g/mol. The number of carbonyl (C=O) groups is 4. The van der Waals surface area contributed by atoms with Gasteiger partial charge in [-0.25, -0.2) is 13.6 Å². The summed E-state index contributed by atoms with van der Waals surface area (Å²) >= 11 is 1.00. The summed E-state index contributed by atoms with van der Waals surface area (Å²) in [6, 6.07) is 10.2. The van der Waals surface area contributed by atoms with E-state index in [9.17, 15) is 33.1 Å². The molecule has 0 aliphatic carbocycles. The number of ketones is 1. The molecule has 45 heavy (non-hydrogen) atoms. The fourth-order valence-corrected chi connectivity index (χ4v) is 5.41. The monoisotopic (exact) mass is 638 g/mol. The number of carbonyl (C=O) groups excluding carboxylic acids is 3. The van der Waals surface area contributed by atoms with Gasteiger partial charge in [0.2, 0.25) is 0 Å². The van der Waals surface area contributed by atoms with Crippen molar-refractivity contribution < 1.29 is 42.5 Å². The topological polar surface area (TPSA) is 132 Å². The van der Waals surface area contributed by atoms with Crippen molar-refractivity contribution in [3.05, 3.63) is 87.9 Å². The maximum absolute atomic E-state index is 15.0. The van der Waals surface area contributed by atoms with E-state index >= 15 is 0 Å². The van der Waals surface area contributed by atoms with Crippen LogP contribution in [0.4, 0.5) is 8.78 Å². The Morgan fingerprint density at radius 3 is 2.40 bits per heavy atom. The number of aromatic nitrogens is 1. The number of thiophene rings is 1. The number of hydrogen-bond donors (Lipinski definition) is 2. The lowest BCUT2D eigenvalue weighted by Gasteiger charge is -2.20. The second-order valence-electron chi connectivity index (χ2n) is 11.5. The molecule has 2 N–H and O–H groups in total. The fraction of sp³-hybridized carbons (Fsp3) is 0.303. The lowest BCUT2D eigenvalue weighted by molar-refractivity contribution is -0.155. The zero-order chi connectivity index (χ0) is 32.9. The van der Waals surface area contributed by atoms with Crippen molar-refractivity contribution in [3.63, 3.8) is 0 Å². The molecule has 0 spiro atoms. The highest BCUT2D eigenvalue weighted by molar-refractivity contribution is 7.21. The number of esters is 1. The van der Waals surface area contributed by atoms with Crippen LogP contribution in [-0.2, 0) is 32.0 Å². The first-order valence-electron chi connectivity index (χ1n) is 14.1. The highest BCUT2D eigenvalue weighted by Gasteiger charge is 2.25. The Morgan fingerprint density at radius 1 is 0.978 bits per heavy atom. The highest BCUT2D eigenvalue weighted by Crippen LogP contribution is 2.35. The number of ether oxygens (including phenoxy) is 2. The number of nitrogens with zero attached hydrogens (tertiary/aromatic N) is 1. The molecular formula is C33H32F2N2O7S. The summed E-state index contributed by atoms with van der Waals surface area (Å²) in [5, 5.41) is 12.0. The molecule has 0 fully saturated rings.